The molecule has 3 rings (SSSR count). The quantitative estimate of drug-likeness (QED) is 0.929. The van der Waals surface area contributed by atoms with Crippen LogP contribution in [0.1, 0.15) is 39.7 Å². The molecular formula is C19H26N2O3. The molecule has 24 heavy (non-hydrogen) atoms. The summed E-state index contributed by atoms with van der Waals surface area (Å²) in [4.78, 5) is 11.9. The Kier molecular flexibility index (Phi) is 4.43. The minimum Gasteiger partial charge on any atom is -0.493 e. The molecule has 130 valence electrons. The molecule has 2 heterocycles. The van der Waals surface area contributed by atoms with Crippen molar-refractivity contribution in [2.24, 2.45) is 0 Å². The molecule has 1 N–H and O–H groups in total. The third kappa shape index (κ3) is 3.66. The second kappa shape index (κ2) is 6.38. The zero-order valence-electron chi connectivity index (χ0n) is 14.9. The molecule has 0 radical (unpaired) electrons. The van der Waals surface area contributed by atoms with E-state index in [1.165, 1.54) is 16.5 Å². The van der Waals surface area contributed by atoms with Gasteiger partial charge >= 0.3 is 6.09 Å². The SMILES string of the molecule is C[C@@H](Cn1ccc2ccc3c(c21)CCCO3)NC(=O)OC(C)(C)C. The van der Waals surface area contributed by atoms with Crippen LogP contribution in [0.5, 0.6) is 5.75 Å². The van der Waals surface area contributed by atoms with Crippen LogP contribution >= 0.6 is 0 Å². The van der Waals surface area contributed by atoms with Gasteiger partial charge in [-0.05, 0) is 58.7 Å². The Labute approximate surface area is 142 Å². The average Bonchev–Trinajstić information content (AvgIpc) is 2.88. The predicted octanol–water partition coefficient (Wildman–Crippen LogP) is 3.88. The number of fused-ring (bicyclic) bond motifs is 3. The van der Waals surface area contributed by atoms with Crippen molar-refractivity contribution in [2.75, 3.05) is 6.61 Å². The van der Waals surface area contributed by atoms with Gasteiger partial charge in [0.05, 0.1) is 12.1 Å². The Bertz CT molecular complexity index is 743. The molecule has 1 aromatic carbocycles. The van der Waals surface area contributed by atoms with Crippen molar-refractivity contribution in [3.63, 3.8) is 0 Å². The Balaban J connectivity index is 1.77. The molecule has 0 fully saturated rings. The highest BCUT2D eigenvalue weighted by Gasteiger charge is 2.20. The van der Waals surface area contributed by atoms with E-state index in [1.807, 2.05) is 27.7 Å². The molecule has 0 bridgehead atoms. The number of hydrogen-bond acceptors (Lipinski definition) is 3. The lowest BCUT2D eigenvalue weighted by Gasteiger charge is -2.23. The van der Waals surface area contributed by atoms with E-state index in [-0.39, 0.29) is 12.1 Å². The number of aromatic nitrogens is 1. The van der Waals surface area contributed by atoms with Gasteiger partial charge in [-0.3, -0.25) is 0 Å². The van der Waals surface area contributed by atoms with Gasteiger partial charge in [-0.2, -0.15) is 0 Å². The standard InChI is InChI=1S/C19H26N2O3/c1-13(20-18(22)24-19(2,3)4)12-21-10-9-14-7-8-16-15(17(14)21)6-5-11-23-16/h7-10,13H,5-6,11-12H2,1-4H3,(H,20,22)/t13-/m0/s1. The molecule has 0 spiro atoms. The van der Waals surface area contributed by atoms with Crippen molar-refractivity contribution < 1.29 is 14.3 Å². The zero-order valence-corrected chi connectivity index (χ0v) is 14.9. The minimum absolute atomic E-state index is 0.0317. The summed E-state index contributed by atoms with van der Waals surface area (Å²) in [5.41, 5.74) is 2.00. The monoisotopic (exact) mass is 330 g/mol. The van der Waals surface area contributed by atoms with Crippen LogP contribution in [0.25, 0.3) is 10.9 Å². The van der Waals surface area contributed by atoms with Gasteiger partial charge < -0.3 is 19.4 Å². The molecule has 0 unspecified atom stereocenters. The van der Waals surface area contributed by atoms with Crippen LogP contribution in [0.2, 0.25) is 0 Å². The first-order chi connectivity index (χ1) is 11.3. The van der Waals surface area contributed by atoms with Gasteiger partial charge in [0.1, 0.15) is 11.4 Å². The smallest absolute Gasteiger partial charge is 0.407 e. The maximum absolute atomic E-state index is 11.9. The summed E-state index contributed by atoms with van der Waals surface area (Å²) in [6.07, 6.45) is 3.78. The maximum atomic E-state index is 11.9. The summed E-state index contributed by atoms with van der Waals surface area (Å²) in [6.45, 7) is 9.06. The van der Waals surface area contributed by atoms with Crippen LogP contribution in [0.15, 0.2) is 24.4 Å². The van der Waals surface area contributed by atoms with E-state index in [1.54, 1.807) is 0 Å². The van der Waals surface area contributed by atoms with Crippen LogP contribution < -0.4 is 10.1 Å². The van der Waals surface area contributed by atoms with E-state index in [2.05, 4.69) is 34.3 Å². The van der Waals surface area contributed by atoms with Crippen molar-refractivity contribution in [2.45, 2.75) is 58.7 Å². The molecule has 1 amide bonds. The summed E-state index contributed by atoms with van der Waals surface area (Å²) in [5.74, 6) is 0.987. The van der Waals surface area contributed by atoms with Crippen LogP contribution in [0.4, 0.5) is 4.79 Å². The van der Waals surface area contributed by atoms with E-state index in [4.69, 9.17) is 9.47 Å². The summed E-state index contributed by atoms with van der Waals surface area (Å²) in [5, 5.41) is 4.12. The van der Waals surface area contributed by atoms with E-state index >= 15 is 0 Å². The van der Waals surface area contributed by atoms with E-state index in [0.29, 0.717) is 6.54 Å². The summed E-state index contributed by atoms with van der Waals surface area (Å²) < 4.78 is 13.3. The Morgan fingerprint density at radius 1 is 1.38 bits per heavy atom. The van der Waals surface area contributed by atoms with Crippen LogP contribution in [-0.2, 0) is 17.7 Å². The van der Waals surface area contributed by atoms with Gasteiger partial charge in [0.15, 0.2) is 0 Å². The second-order valence-corrected chi connectivity index (χ2v) is 7.45. The third-order valence-electron chi connectivity index (χ3n) is 4.05. The number of nitrogens with zero attached hydrogens (tertiary/aromatic N) is 1. The van der Waals surface area contributed by atoms with Crippen LogP contribution in [0.3, 0.4) is 0 Å². The fraction of sp³-hybridized carbons (Fsp3) is 0.526. The molecule has 5 heteroatoms. The molecule has 1 aromatic heterocycles. The molecule has 2 aromatic rings. The molecule has 0 aliphatic carbocycles. The van der Waals surface area contributed by atoms with Crippen LogP contribution in [-0.4, -0.2) is 28.9 Å². The summed E-state index contributed by atoms with van der Waals surface area (Å²) in [7, 11) is 0. The number of hydrogen-bond donors (Lipinski definition) is 1. The Morgan fingerprint density at radius 2 is 2.17 bits per heavy atom. The maximum Gasteiger partial charge on any atom is 0.407 e. The highest BCUT2D eigenvalue weighted by molar-refractivity contribution is 5.86. The fourth-order valence-electron chi connectivity index (χ4n) is 3.16. The summed E-state index contributed by atoms with van der Waals surface area (Å²) in [6, 6.07) is 6.24. The summed E-state index contributed by atoms with van der Waals surface area (Å²) >= 11 is 0. The molecule has 1 aliphatic rings. The predicted molar refractivity (Wildman–Crippen MR) is 94.6 cm³/mol. The second-order valence-electron chi connectivity index (χ2n) is 7.45. The van der Waals surface area contributed by atoms with Gasteiger partial charge in [-0.25, -0.2) is 4.79 Å². The highest BCUT2D eigenvalue weighted by Crippen LogP contribution is 2.32. The lowest BCUT2D eigenvalue weighted by Crippen LogP contribution is -2.39. The van der Waals surface area contributed by atoms with Crippen molar-refractivity contribution in [3.05, 3.63) is 30.0 Å². The average molecular weight is 330 g/mol. The molecule has 5 nitrogen and oxygen atoms in total. The van der Waals surface area contributed by atoms with Crippen molar-refractivity contribution >= 4 is 17.0 Å². The molecule has 1 aliphatic heterocycles. The molecule has 1 atom stereocenters. The number of ether oxygens (including phenoxy) is 2. The fourth-order valence-corrected chi connectivity index (χ4v) is 3.16. The lowest BCUT2D eigenvalue weighted by molar-refractivity contribution is 0.0504. The highest BCUT2D eigenvalue weighted by atomic mass is 16.6. The minimum atomic E-state index is -0.486. The van der Waals surface area contributed by atoms with Gasteiger partial charge in [0, 0.05) is 29.7 Å². The Hall–Kier alpha value is -2.17. The largest absolute Gasteiger partial charge is 0.493 e. The van der Waals surface area contributed by atoms with Crippen molar-refractivity contribution in [1.82, 2.24) is 9.88 Å². The normalized spacial score (nSPS) is 15.5. The van der Waals surface area contributed by atoms with Crippen molar-refractivity contribution in [3.8, 4) is 5.75 Å². The number of benzene rings is 1. The van der Waals surface area contributed by atoms with Crippen molar-refractivity contribution in [1.29, 1.82) is 0 Å². The van der Waals surface area contributed by atoms with Crippen LogP contribution in [0, 0.1) is 0 Å². The van der Waals surface area contributed by atoms with Gasteiger partial charge in [0.25, 0.3) is 0 Å². The van der Waals surface area contributed by atoms with Gasteiger partial charge in [-0.1, -0.05) is 0 Å². The number of nitrogens with one attached hydrogen (secondary N) is 1. The molecular weight excluding hydrogens is 304 g/mol. The lowest BCUT2D eigenvalue weighted by atomic mass is 10.0. The zero-order chi connectivity index (χ0) is 17.3. The third-order valence-corrected chi connectivity index (χ3v) is 4.05. The number of amides is 1. The number of carbonyl (C=O) groups excluding carboxylic acids is 1. The van der Waals surface area contributed by atoms with E-state index in [9.17, 15) is 4.79 Å². The van der Waals surface area contributed by atoms with Gasteiger partial charge in [-0.15, -0.1) is 0 Å². The first kappa shape index (κ1) is 16.7. The molecule has 0 saturated carbocycles. The van der Waals surface area contributed by atoms with E-state index in [0.717, 1.165) is 25.2 Å². The first-order valence-corrected chi connectivity index (χ1v) is 8.56. The first-order valence-electron chi connectivity index (χ1n) is 8.56. The van der Waals surface area contributed by atoms with Gasteiger partial charge in [0.2, 0.25) is 0 Å². The Morgan fingerprint density at radius 3 is 2.92 bits per heavy atom. The van der Waals surface area contributed by atoms with E-state index < -0.39 is 5.60 Å². The topological polar surface area (TPSA) is 52.5 Å². The number of aryl methyl sites for hydroxylation is 1. The number of carbonyl (C=O) groups is 1. The number of alkyl carbamates (subject to hydrolysis) is 1. The molecule has 0 saturated heterocycles. The number of rotatable bonds is 3.